The van der Waals surface area contributed by atoms with Crippen molar-refractivity contribution in [3.63, 3.8) is 0 Å². The first-order valence-electron chi connectivity index (χ1n) is 8.12. The van der Waals surface area contributed by atoms with E-state index in [1.807, 2.05) is 4.90 Å². The van der Waals surface area contributed by atoms with Gasteiger partial charge in [0.2, 0.25) is 11.8 Å². The zero-order valence-corrected chi connectivity index (χ0v) is 13.1. The van der Waals surface area contributed by atoms with Crippen molar-refractivity contribution >= 4 is 5.91 Å². The minimum Gasteiger partial charge on any atom is -0.471 e. The molecule has 0 N–H and O–H groups in total. The number of carbonyl (C=O) groups is 1. The van der Waals surface area contributed by atoms with Crippen LogP contribution in [0.1, 0.15) is 25.7 Å². The Labute approximate surface area is 131 Å². The predicted molar refractivity (Wildman–Crippen MR) is 82.5 cm³/mol. The summed E-state index contributed by atoms with van der Waals surface area (Å²) >= 11 is 0. The Bertz CT molecular complexity index is 496. The van der Waals surface area contributed by atoms with Gasteiger partial charge in [0.05, 0.1) is 18.7 Å². The first kappa shape index (κ1) is 15.2. The van der Waals surface area contributed by atoms with E-state index in [9.17, 15) is 4.79 Å². The fraction of sp³-hybridized carbons (Fsp3) is 0.688. The summed E-state index contributed by atoms with van der Waals surface area (Å²) in [5, 5.41) is 0. The molecule has 0 aliphatic carbocycles. The number of aromatic nitrogens is 2. The monoisotopic (exact) mass is 304 g/mol. The molecule has 0 aromatic carbocycles. The number of hydrogen-bond donors (Lipinski definition) is 0. The van der Waals surface area contributed by atoms with Gasteiger partial charge in [0.1, 0.15) is 6.10 Å². The van der Waals surface area contributed by atoms with Crippen LogP contribution in [0.25, 0.3) is 0 Å². The molecule has 0 saturated carbocycles. The predicted octanol–water partition coefficient (Wildman–Crippen LogP) is 1.19. The molecule has 0 spiro atoms. The molecule has 2 fully saturated rings. The van der Waals surface area contributed by atoms with Crippen LogP contribution in [0.5, 0.6) is 5.88 Å². The third-order valence-corrected chi connectivity index (χ3v) is 4.49. The molecule has 0 unspecified atom stereocenters. The molecule has 1 amide bonds. The Balaban J connectivity index is 1.57. The lowest BCUT2D eigenvalue weighted by Gasteiger charge is -2.37. The second kappa shape index (κ2) is 7.05. The maximum absolute atomic E-state index is 12.7. The highest BCUT2D eigenvalue weighted by molar-refractivity contribution is 5.79. The van der Waals surface area contributed by atoms with E-state index in [4.69, 9.17) is 4.74 Å². The normalized spacial score (nSPS) is 26.7. The molecule has 3 rings (SSSR count). The number of nitrogens with zero attached hydrogens (tertiary/aromatic N) is 4. The molecule has 1 aromatic rings. The molecule has 0 radical (unpaired) electrons. The fourth-order valence-electron chi connectivity index (χ4n) is 3.38. The molecular formula is C16H24N4O2. The molecule has 2 saturated heterocycles. The largest absolute Gasteiger partial charge is 0.471 e. The van der Waals surface area contributed by atoms with Gasteiger partial charge < -0.3 is 14.5 Å². The van der Waals surface area contributed by atoms with E-state index in [0.29, 0.717) is 18.3 Å². The summed E-state index contributed by atoms with van der Waals surface area (Å²) in [7, 11) is 2.09. The molecule has 2 aliphatic heterocycles. The first-order valence-corrected chi connectivity index (χ1v) is 8.12. The van der Waals surface area contributed by atoms with Crippen molar-refractivity contribution in [3.05, 3.63) is 18.6 Å². The molecule has 2 atom stereocenters. The SMILES string of the molecule is CN1CCC[C@H](C(=O)N2CCC[C@@H](Oc3cnccn3)C2)C1. The minimum atomic E-state index is 0.0238. The van der Waals surface area contributed by atoms with Crippen LogP contribution in [-0.2, 0) is 4.79 Å². The van der Waals surface area contributed by atoms with Gasteiger partial charge in [-0.25, -0.2) is 4.98 Å². The number of rotatable bonds is 3. The lowest BCUT2D eigenvalue weighted by molar-refractivity contribution is -0.139. The first-order chi connectivity index (χ1) is 10.7. The quantitative estimate of drug-likeness (QED) is 0.839. The summed E-state index contributed by atoms with van der Waals surface area (Å²) in [6, 6.07) is 0. The molecule has 0 bridgehead atoms. The minimum absolute atomic E-state index is 0.0238. The van der Waals surface area contributed by atoms with Gasteiger partial charge >= 0.3 is 0 Å². The maximum atomic E-state index is 12.7. The lowest BCUT2D eigenvalue weighted by atomic mass is 9.95. The van der Waals surface area contributed by atoms with Crippen molar-refractivity contribution in [1.82, 2.24) is 19.8 Å². The van der Waals surface area contributed by atoms with Crippen LogP contribution in [-0.4, -0.2) is 65.0 Å². The fourth-order valence-corrected chi connectivity index (χ4v) is 3.38. The summed E-state index contributed by atoms with van der Waals surface area (Å²) in [4.78, 5) is 25.1. The van der Waals surface area contributed by atoms with Crippen molar-refractivity contribution in [3.8, 4) is 5.88 Å². The van der Waals surface area contributed by atoms with E-state index >= 15 is 0 Å². The van der Waals surface area contributed by atoms with E-state index in [1.165, 1.54) is 0 Å². The van der Waals surface area contributed by atoms with Gasteiger partial charge in [0.15, 0.2) is 0 Å². The Morgan fingerprint density at radius 3 is 2.86 bits per heavy atom. The van der Waals surface area contributed by atoms with Crippen molar-refractivity contribution in [2.45, 2.75) is 31.8 Å². The van der Waals surface area contributed by atoms with E-state index < -0.39 is 0 Å². The van der Waals surface area contributed by atoms with Gasteiger partial charge in [0, 0.05) is 25.5 Å². The lowest BCUT2D eigenvalue weighted by Crippen LogP contribution is -2.49. The highest BCUT2D eigenvalue weighted by atomic mass is 16.5. The van der Waals surface area contributed by atoms with Crippen molar-refractivity contribution < 1.29 is 9.53 Å². The standard InChI is InChI=1S/C16H24N4O2/c1-19-8-2-4-13(11-19)16(21)20-9-3-5-14(12-20)22-15-10-17-6-7-18-15/h6-7,10,13-14H,2-5,8-9,11-12H2,1H3/t13-,14+/m0/s1. The van der Waals surface area contributed by atoms with Gasteiger partial charge in [-0.2, -0.15) is 0 Å². The van der Waals surface area contributed by atoms with Crippen LogP contribution >= 0.6 is 0 Å². The molecular weight excluding hydrogens is 280 g/mol. The Kier molecular flexibility index (Phi) is 4.87. The Morgan fingerprint density at radius 1 is 1.23 bits per heavy atom. The second-order valence-corrected chi connectivity index (χ2v) is 6.31. The number of piperidine rings is 2. The summed E-state index contributed by atoms with van der Waals surface area (Å²) in [6.07, 6.45) is 8.97. The van der Waals surface area contributed by atoms with Gasteiger partial charge in [-0.15, -0.1) is 0 Å². The molecule has 6 nitrogen and oxygen atoms in total. The maximum Gasteiger partial charge on any atom is 0.232 e. The van der Waals surface area contributed by atoms with Gasteiger partial charge in [-0.1, -0.05) is 0 Å². The second-order valence-electron chi connectivity index (χ2n) is 6.31. The zero-order valence-electron chi connectivity index (χ0n) is 13.1. The van der Waals surface area contributed by atoms with Gasteiger partial charge in [0.25, 0.3) is 0 Å². The molecule has 1 aromatic heterocycles. The van der Waals surface area contributed by atoms with Crippen LogP contribution in [0.15, 0.2) is 18.6 Å². The van der Waals surface area contributed by atoms with Crippen LogP contribution in [0, 0.1) is 5.92 Å². The highest BCUT2D eigenvalue weighted by Gasteiger charge is 2.31. The van der Waals surface area contributed by atoms with E-state index in [1.54, 1.807) is 18.6 Å². The Morgan fingerprint density at radius 2 is 2.09 bits per heavy atom. The molecule has 3 heterocycles. The van der Waals surface area contributed by atoms with Crippen LogP contribution < -0.4 is 4.74 Å². The van der Waals surface area contributed by atoms with Crippen molar-refractivity contribution in [2.24, 2.45) is 5.92 Å². The molecule has 22 heavy (non-hydrogen) atoms. The number of amides is 1. The summed E-state index contributed by atoms with van der Waals surface area (Å²) in [5.41, 5.74) is 0. The van der Waals surface area contributed by atoms with Crippen molar-refractivity contribution in [1.29, 1.82) is 0 Å². The summed E-state index contributed by atoms with van der Waals surface area (Å²) < 4.78 is 5.87. The van der Waals surface area contributed by atoms with Crippen LogP contribution in [0.3, 0.4) is 0 Å². The van der Waals surface area contributed by atoms with E-state index in [0.717, 1.165) is 45.3 Å². The number of ether oxygens (including phenoxy) is 1. The number of carbonyl (C=O) groups excluding carboxylic acids is 1. The molecule has 2 aliphatic rings. The van der Waals surface area contributed by atoms with E-state index in [2.05, 4.69) is 21.9 Å². The number of likely N-dealkylation sites (tertiary alicyclic amines) is 2. The van der Waals surface area contributed by atoms with Crippen molar-refractivity contribution in [2.75, 3.05) is 33.2 Å². The third-order valence-electron chi connectivity index (χ3n) is 4.49. The zero-order chi connectivity index (χ0) is 15.4. The molecule has 6 heteroatoms. The highest BCUT2D eigenvalue weighted by Crippen LogP contribution is 2.22. The smallest absolute Gasteiger partial charge is 0.232 e. The summed E-state index contributed by atoms with van der Waals surface area (Å²) in [5.74, 6) is 0.979. The van der Waals surface area contributed by atoms with Gasteiger partial charge in [-0.3, -0.25) is 9.78 Å². The number of hydrogen-bond acceptors (Lipinski definition) is 5. The average molecular weight is 304 g/mol. The average Bonchev–Trinajstić information content (AvgIpc) is 2.55. The van der Waals surface area contributed by atoms with E-state index in [-0.39, 0.29) is 12.0 Å². The molecule has 120 valence electrons. The Hall–Kier alpha value is -1.69. The van der Waals surface area contributed by atoms with Crippen LogP contribution in [0.2, 0.25) is 0 Å². The van der Waals surface area contributed by atoms with Gasteiger partial charge in [-0.05, 0) is 39.3 Å². The third kappa shape index (κ3) is 3.74. The van der Waals surface area contributed by atoms with Crippen LogP contribution in [0.4, 0.5) is 0 Å². The topological polar surface area (TPSA) is 58.6 Å². The summed E-state index contributed by atoms with van der Waals surface area (Å²) in [6.45, 7) is 3.49.